The molecule has 0 atom stereocenters. The van der Waals surface area contributed by atoms with E-state index in [0.717, 1.165) is 6.41 Å². The normalized spacial score (nSPS) is 15.6. The highest BCUT2D eigenvalue weighted by atomic mass is 32.2. The topological polar surface area (TPSA) is 86.8 Å². The summed E-state index contributed by atoms with van der Waals surface area (Å²) in [5.74, 6) is 0.0605. The molecule has 2 rings (SSSR count). The number of sulfonamides is 1. The van der Waals surface area contributed by atoms with Crippen LogP contribution in [0.15, 0.2) is 29.2 Å². The first-order valence-corrected chi connectivity index (χ1v) is 9.40. The molecular formula is C16H23N3O4S. The highest BCUT2D eigenvalue weighted by molar-refractivity contribution is 7.89. The first-order valence-electron chi connectivity index (χ1n) is 7.92. The predicted molar refractivity (Wildman–Crippen MR) is 90.0 cm³/mol. The average molecular weight is 353 g/mol. The zero-order chi connectivity index (χ0) is 17.7. The lowest BCUT2D eigenvalue weighted by molar-refractivity contribution is -0.119. The highest BCUT2D eigenvalue weighted by Gasteiger charge is 2.22. The Bertz CT molecular complexity index is 678. The third kappa shape index (κ3) is 4.55. The van der Waals surface area contributed by atoms with Crippen LogP contribution in [0.1, 0.15) is 24.2 Å². The Labute approximate surface area is 142 Å². The fourth-order valence-electron chi connectivity index (χ4n) is 2.35. The van der Waals surface area contributed by atoms with E-state index in [4.69, 9.17) is 0 Å². The van der Waals surface area contributed by atoms with E-state index in [9.17, 15) is 18.0 Å². The Morgan fingerprint density at radius 3 is 2.25 bits per heavy atom. The smallest absolute Gasteiger partial charge is 0.253 e. The van der Waals surface area contributed by atoms with Crippen LogP contribution in [0.25, 0.3) is 0 Å². The van der Waals surface area contributed by atoms with Gasteiger partial charge >= 0.3 is 0 Å². The van der Waals surface area contributed by atoms with Crippen molar-refractivity contribution in [2.45, 2.75) is 18.7 Å². The maximum Gasteiger partial charge on any atom is 0.253 e. The van der Waals surface area contributed by atoms with E-state index in [-0.39, 0.29) is 16.7 Å². The summed E-state index contributed by atoms with van der Waals surface area (Å²) in [6.45, 7) is 6.20. The van der Waals surface area contributed by atoms with Crippen LogP contribution in [0.5, 0.6) is 0 Å². The third-order valence-electron chi connectivity index (χ3n) is 3.84. The summed E-state index contributed by atoms with van der Waals surface area (Å²) in [4.78, 5) is 26.6. The number of nitrogens with zero attached hydrogens (tertiary/aromatic N) is 2. The van der Waals surface area contributed by atoms with Gasteiger partial charge < -0.3 is 9.80 Å². The van der Waals surface area contributed by atoms with Gasteiger partial charge in [0.05, 0.1) is 4.90 Å². The van der Waals surface area contributed by atoms with Crippen molar-refractivity contribution in [2.24, 2.45) is 5.92 Å². The Morgan fingerprint density at radius 1 is 1.17 bits per heavy atom. The molecule has 1 aliphatic rings. The number of nitrogens with one attached hydrogen (secondary N) is 1. The summed E-state index contributed by atoms with van der Waals surface area (Å²) in [6, 6.07) is 5.94. The molecule has 0 saturated carbocycles. The first kappa shape index (κ1) is 18.4. The van der Waals surface area contributed by atoms with Gasteiger partial charge in [-0.25, -0.2) is 13.1 Å². The molecule has 24 heavy (non-hydrogen) atoms. The lowest BCUT2D eigenvalue weighted by Gasteiger charge is -2.32. The molecule has 1 fully saturated rings. The van der Waals surface area contributed by atoms with Crippen LogP contribution in [0.4, 0.5) is 0 Å². The van der Waals surface area contributed by atoms with E-state index < -0.39 is 10.0 Å². The molecule has 0 unspecified atom stereocenters. The summed E-state index contributed by atoms with van der Waals surface area (Å²) >= 11 is 0. The van der Waals surface area contributed by atoms with E-state index in [1.807, 2.05) is 13.8 Å². The Kier molecular flexibility index (Phi) is 5.95. The zero-order valence-electron chi connectivity index (χ0n) is 13.9. The van der Waals surface area contributed by atoms with Crippen molar-refractivity contribution in [2.75, 3.05) is 32.7 Å². The van der Waals surface area contributed by atoms with Crippen molar-refractivity contribution >= 4 is 22.3 Å². The molecule has 1 aliphatic heterocycles. The molecule has 0 radical (unpaired) electrons. The van der Waals surface area contributed by atoms with Crippen molar-refractivity contribution in [3.8, 4) is 0 Å². The van der Waals surface area contributed by atoms with Crippen LogP contribution in [0, 0.1) is 5.92 Å². The van der Waals surface area contributed by atoms with E-state index in [1.165, 1.54) is 24.3 Å². The SMILES string of the molecule is CC(C)CNS(=O)(=O)c1ccc(C(=O)N2CCN(C=O)CC2)cc1. The molecule has 8 heteroatoms. The van der Waals surface area contributed by atoms with Crippen molar-refractivity contribution in [3.63, 3.8) is 0 Å². The monoisotopic (exact) mass is 353 g/mol. The number of amides is 2. The minimum absolute atomic E-state index is 0.144. The lowest BCUT2D eigenvalue weighted by Crippen LogP contribution is -2.48. The number of hydrogen-bond acceptors (Lipinski definition) is 4. The molecule has 1 aromatic rings. The highest BCUT2D eigenvalue weighted by Crippen LogP contribution is 2.13. The summed E-state index contributed by atoms with van der Waals surface area (Å²) in [5.41, 5.74) is 0.442. The lowest BCUT2D eigenvalue weighted by atomic mass is 10.2. The summed E-state index contributed by atoms with van der Waals surface area (Å²) in [7, 11) is -3.55. The molecule has 0 spiro atoms. The molecular weight excluding hydrogens is 330 g/mol. The standard InChI is InChI=1S/C16H23N3O4S/c1-13(2)11-17-24(22,23)15-5-3-14(4-6-15)16(21)19-9-7-18(12-20)8-10-19/h3-6,12-13,17H,7-11H2,1-2H3. The largest absolute Gasteiger partial charge is 0.342 e. The van der Waals surface area contributed by atoms with E-state index in [0.29, 0.717) is 38.3 Å². The van der Waals surface area contributed by atoms with Gasteiger partial charge in [0.15, 0.2) is 0 Å². The summed E-state index contributed by atoms with van der Waals surface area (Å²) in [5, 5.41) is 0. The maximum atomic E-state index is 12.4. The molecule has 1 aromatic carbocycles. The quantitative estimate of drug-likeness (QED) is 0.756. The summed E-state index contributed by atoms with van der Waals surface area (Å²) in [6.07, 6.45) is 0.783. The van der Waals surface area contributed by atoms with Gasteiger partial charge in [-0.1, -0.05) is 13.8 Å². The van der Waals surface area contributed by atoms with Gasteiger partial charge in [-0.2, -0.15) is 0 Å². The van der Waals surface area contributed by atoms with E-state index in [1.54, 1.807) is 9.80 Å². The van der Waals surface area contributed by atoms with Crippen LogP contribution in [-0.2, 0) is 14.8 Å². The average Bonchev–Trinajstić information content (AvgIpc) is 2.59. The van der Waals surface area contributed by atoms with Gasteiger partial charge in [0.2, 0.25) is 16.4 Å². The Morgan fingerprint density at radius 2 is 1.75 bits per heavy atom. The van der Waals surface area contributed by atoms with Crippen molar-refractivity contribution < 1.29 is 18.0 Å². The minimum atomic E-state index is -3.55. The van der Waals surface area contributed by atoms with Crippen molar-refractivity contribution in [1.82, 2.24) is 14.5 Å². The maximum absolute atomic E-state index is 12.4. The fourth-order valence-corrected chi connectivity index (χ4v) is 3.56. The van der Waals surface area contributed by atoms with E-state index >= 15 is 0 Å². The Balaban J connectivity index is 2.04. The van der Waals surface area contributed by atoms with Crippen LogP contribution in [0.3, 0.4) is 0 Å². The molecule has 7 nitrogen and oxygen atoms in total. The molecule has 132 valence electrons. The second-order valence-corrected chi connectivity index (χ2v) is 7.97. The zero-order valence-corrected chi connectivity index (χ0v) is 14.8. The molecule has 0 aromatic heterocycles. The van der Waals surface area contributed by atoms with Gasteiger partial charge in [-0.05, 0) is 30.2 Å². The van der Waals surface area contributed by atoms with Gasteiger partial charge in [0.25, 0.3) is 5.91 Å². The predicted octanol–water partition coefficient (Wildman–Crippen LogP) is 0.535. The molecule has 1 heterocycles. The van der Waals surface area contributed by atoms with Crippen LogP contribution in [-0.4, -0.2) is 63.3 Å². The molecule has 0 aliphatic carbocycles. The summed E-state index contributed by atoms with van der Waals surface area (Å²) < 4.78 is 26.8. The van der Waals surface area contributed by atoms with Crippen LogP contribution >= 0.6 is 0 Å². The third-order valence-corrected chi connectivity index (χ3v) is 5.28. The number of piperazine rings is 1. The molecule has 0 bridgehead atoms. The van der Waals surface area contributed by atoms with Crippen molar-refractivity contribution in [1.29, 1.82) is 0 Å². The fraction of sp³-hybridized carbons (Fsp3) is 0.500. The molecule has 2 amide bonds. The van der Waals surface area contributed by atoms with Crippen molar-refractivity contribution in [3.05, 3.63) is 29.8 Å². The van der Waals surface area contributed by atoms with Gasteiger partial charge in [0, 0.05) is 38.3 Å². The molecule has 1 N–H and O–H groups in total. The van der Waals surface area contributed by atoms with Gasteiger partial charge in [0.1, 0.15) is 0 Å². The first-order chi connectivity index (χ1) is 11.3. The minimum Gasteiger partial charge on any atom is -0.342 e. The van der Waals surface area contributed by atoms with Gasteiger partial charge in [-0.3, -0.25) is 9.59 Å². The number of benzene rings is 1. The number of rotatable bonds is 6. The van der Waals surface area contributed by atoms with Crippen LogP contribution < -0.4 is 4.72 Å². The molecule has 1 saturated heterocycles. The Hall–Kier alpha value is -1.93. The number of carbonyl (C=O) groups is 2. The van der Waals surface area contributed by atoms with Gasteiger partial charge in [-0.15, -0.1) is 0 Å². The van der Waals surface area contributed by atoms with Crippen LogP contribution in [0.2, 0.25) is 0 Å². The van der Waals surface area contributed by atoms with E-state index in [2.05, 4.69) is 4.72 Å². The number of hydrogen-bond donors (Lipinski definition) is 1. The number of carbonyl (C=O) groups excluding carboxylic acids is 2. The second kappa shape index (κ2) is 7.76. The second-order valence-electron chi connectivity index (χ2n) is 6.20.